The first-order valence-corrected chi connectivity index (χ1v) is 13.3. The van der Waals surface area contributed by atoms with Crippen molar-refractivity contribution < 1.29 is 50.2 Å². The third kappa shape index (κ3) is 9.38. The minimum Gasteiger partial charge on any atom is -0.488 e. The van der Waals surface area contributed by atoms with E-state index in [1.165, 1.54) is 17.7 Å². The van der Waals surface area contributed by atoms with E-state index in [0.717, 1.165) is 12.1 Å². The monoisotopic (exact) mass is 617 g/mol. The summed E-state index contributed by atoms with van der Waals surface area (Å²) < 4.78 is 94.5. The number of nitrogens with one attached hydrogen (secondary N) is 3. The van der Waals surface area contributed by atoms with Gasteiger partial charge in [-0.2, -0.15) is 26.3 Å². The van der Waals surface area contributed by atoms with E-state index in [-0.39, 0.29) is 32.4 Å². The molecule has 0 radical (unpaired) electrons. The zero-order valence-corrected chi connectivity index (χ0v) is 23.5. The minimum atomic E-state index is -5.80. The van der Waals surface area contributed by atoms with Crippen molar-refractivity contribution in [3.63, 3.8) is 0 Å². The van der Waals surface area contributed by atoms with Gasteiger partial charge in [-0.3, -0.25) is 14.4 Å². The highest BCUT2D eigenvalue weighted by atomic mass is 19.3. The molecule has 0 bridgehead atoms. The standard InChI is InChI=1S/C22H25F6N3O5.C7H8/c1-2-30-16(33)4-3-11-35-18-19(21(25,26)22(27,28)20(18,23)24)36-15-7-5-14(6-8-15)9-10-31-17(34)12-29-13-32;1-7-5-3-2-4-6-7/h5-8,13H,2-4,9-12H2,1H3,(H,29,32)(H,30,33)(H,31,34);2-6H,1H3. The van der Waals surface area contributed by atoms with Crippen LogP contribution < -0.4 is 20.7 Å². The summed E-state index contributed by atoms with van der Waals surface area (Å²) in [6.45, 7) is 3.28. The largest absolute Gasteiger partial charge is 0.488 e. The Bertz CT molecular complexity index is 1240. The zero-order valence-electron chi connectivity index (χ0n) is 23.5. The van der Waals surface area contributed by atoms with E-state index in [2.05, 4.69) is 39.7 Å². The number of ether oxygens (including phenoxy) is 2. The van der Waals surface area contributed by atoms with Crippen LogP contribution >= 0.6 is 0 Å². The maximum atomic E-state index is 14.3. The first-order chi connectivity index (χ1) is 20.3. The molecule has 3 N–H and O–H groups in total. The number of hydrogen-bond acceptors (Lipinski definition) is 5. The zero-order chi connectivity index (χ0) is 32.1. The Morgan fingerprint density at radius 3 is 2.05 bits per heavy atom. The predicted octanol–water partition coefficient (Wildman–Crippen LogP) is 4.53. The van der Waals surface area contributed by atoms with Crippen LogP contribution in [-0.4, -0.2) is 62.2 Å². The maximum Gasteiger partial charge on any atom is 0.387 e. The lowest BCUT2D eigenvalue weighted by Crippen LogP contribution is -2.49. The molecule has 0 saturated heterocycles. The smallest absolute Gasteiger partial charge is 0.387 e. The molecule has 0 spiro atoms. The van der Waals surface area contributed by atoms with Gasteiger partial charge in [0.15, 0.2) is 0 Å². The maximum absolute atomic E-state index is 14.3. The number of allylic oxidation sites excluding steroid dienone is 2. The van der Waals surface area contributed by atoms with Gasteiger partial charge in [0.05, 0.1) is 13.2 Å². The van der Waals surface area contributed by atoms with Gasteiger partial charge in [-0.1, -0.05) is 48.0 Å². The first-order valence-electron chi connectivity index (χ1n) is 13.3. The topological polar surface area (TPSA) is 106 Å². The minimum absolute atomic E-state index is 0.162. The molecule has 236 valence electrons. The number of carbonyl (C=O) groups is 3. The van der Waals surface area contributed by atoms with Crippen LogP contribution in [0.4, 0.5) is 26.3 Å². The van der Waals surface area contributed by atoms with Crippen LogP contribution in [0, 0.1) is 6.92 Å². The molecule has 1 aliphatic rings. The summed E-state index contributed by atoms with van der Waals surface area (Å²) in [5.41, 5.74) is 1.90. The van der Waals surface area contributed by atoms with E-state index < -0.39 is 53.5 Å². The average molecular weight is 618 g/mol. The second-order valence-corrected chi connectivity index (χ2v) is 9.29. The molecule has 3 rings (SSSR count). The summed E-state index contributed by atoms with van der Waals surface area (Å²) in [6.07, 6.45) is 0.259. The summed E-state index contributed by atoms with van der Waals surface area (Å²) in [6, 6.07) is 15.2. The fraction of sp³-hybridized carbons (Fsp3) is 0.414. The molecule has 0 atom stereocenters. The molecule has 2 aromatic rings. The van der Waals surface area contributed by atoms with E-state index >= 15 is 0 Å². The Hall–Kier alpha value is -4.23. The molecule has 0 fully saturated rings. The van der Waals surface area contributed by atoms with Crippen molar-refractivity contribution in [2.75, 3.05) is 26.2 Å². The summed E-state index contributed by atoms with van der Waals surface area (Å²) >= 11 is 0. The number of carbonyl (C=O) groups excluding carboxylic acids is 3. The Morgan fingerprint density at radius 2 is 1.49 bits per heavy atom. The van der Waals surface area contributed by atoms with Gasteiger partial charge in [-0.05, 0) is 44.4 Å². The van der Waals surface area contributed by atoms with Crippen molar-refractivity contribution >= 4 is 18.2 Å². The molecule has 0 heterocycles. The highest BCUT2D eigenvalue weighted by Gasteiger charge is 2.83. The lowest BCUT2D eigenvalue weighted by atomic mass is 10.1. The number of aryl methyl sites for hydroxylation is 1. The van der Waals surface area contributed by atoms with Gasteiger partial charge in [0, 0.05) is 19.5 Å². The van der Waals surface area contributed by atoms with Gasteiger partial charge < -0.3 is 25.4 Å². The van der Waals surface area contributed by atoms with Crippen molar-refractivity contribution in [3.8, 4) is 5.75 Å². The summed E-state index contributed by atoms with van der Waals surface area (Å²) in [5, 5.41) is 7.12. The van der Waals surface area contributed by atoms with E-state index in [1.807, 2.05) is 18.2 Å². The van der Waals surface area contributed by atoms with Gasteiger partial charge in [-0.15, -0.1) is 0 Å². The van der Waals surface area contributed by atoms with E-state index in [9.17, 15) is 40.7 Å². The SMILES string of the molecule is CCNC(=O)CCCOC1=C(Oc2ccc(CCNC(=O)CNC=O)cc2)C(F)(F)C(F)(F)C1(F)F.Cc1ccccc1. The molecule has 14 heteroatoms. The molecular formula is C29H33F6N3O5. The lowest BCUT2D eigenvalue weighted by Gasteiger charge is -2.24. The first kappa shape index (κ1) is 35.0. The third-order valence-electron chi connectivity index (χ3n) is 5.90. The Kier molecular flexibility index (Phi) is 12.9. The van der Waals surface area contributed by atoms with Crippen LogP contribution in [0.3, 0.4) is 0 Å². The van der Waals surface area contributed by atoms with Gasteiger partial charge in [0.25, 0.3) is 0 Å². The number of alkyl halides is 6. The molecule has 0 aliphatic heterocycles. The Balaban J connectivity index is 0.000000804. The Morgan fingerprint density at radius 1 is 0.860 bits per heavy atom. The molecule has 0 unspecified atom stereocenters. The van der Waals surface area contributed by atoms with Crippen LogP contribution in [0.15, 0.2) is 66.1 Å². The summed E-state index contributed by atoms with van der Waals surface area (Å²) in [7, 11) is 0. The number of benzene rings is 2. The number of rotatable bonds is 14. The molecular weight excluding hydrogens is 584 g/mol. The van der Waals surface area contributed by atoms with Crippen LogP contribution in [-0.2, 0) is 25.5 Å². The lowest BCUT2D eigenvalue weighted by molar-refractivity contribution is -0.275. The fourth-order valence-corrected chi connectivity index (χ4v) is 3.65. The molecule has 8 nitrogen and oxygen atoms in total. The molecule has 43 heavy (non-hydrogen) atoms. The second-order valence-electron chi connectivity index (χ2n) is 9.29. The molecule has 0 saturated carbocycles. The van der Waals surface area contributed by atoms with Gasteiger partial charge >= 0.3 is 17.8 Å². The van der Waals surface area contributed by atoms with Gasteiger partial charge in [-0.25, -0.2) is 0 Å². The summed E-state index contributed by atoms with van der Waals surface area (Å²) in [4.78, 5) is 33.0. The van der Waals surface area contributed by atoms with Gasteiger partial charge in [0.1, 0.15) is 5.75 Å². The third-order valence-corrected chi connectivity index (χ3v) is 5.90. The van der Waals surface area contributed by atoms with Crippen LogP contribution in [0.25, 0.3) is 0 Å². The van der Waals surface area contributed by atoms with E-state index in [0.29, 0.717) is 18.5 Å². The molecule has 1 aliphatic carbocycles. The van der Waals surface area contributed by atoms with Gasteiger partial charge in [0.2, 0.25) is 29.7 Å². The Labute approximate surface area is 244 Å². The van der Waals surface area contributed by atoms with Crippen molar-refractivity contribution in [2.24, 2.45) is 0 Å². The quantitative estimate of drug-likeness (QED) is 0.164. The van der Waals surface area contributed by atoms with Crippen molar-refractivity contribution in [2.45, 2.75) is 50.9 Å². The summed E-state index contributed by atoms with van der Waals surface area (Å²) in [5.74, 6) is -21.9. The molecule has 2 aromatic carbocycles. The fourth-order valence-electron chi connectivity index (χ4n) is 3.65. The average Bonchev–Trinajstić information content (AvgIpc) is 3.05. The van der Waals surface area contributed by atoms with Crippen molar-refractivity contribution in [1.29, 1.82) is 0 Å². The number of hydrogen-bond donors (Lipinski definition) is 3. The van der Waals surface area contributed by atoms with Crippen LogP contribution in [0.1, 0.15) is 30.9 Å². The van der Waals surface area contributed by atoms with E-state index in [1.54, 1.807) is 6.92 Å². The molecule has 0 aromatic heterocycles. The predicted molar refractivity (Wildman–Crippen MR) is 145 cm³/mol. The normalized spacial score (nSPS) is 15.9. The van der Waals surface area contributed by atoms with Crippen molar-refractivity contribution in [1.82, 2.24) is 16.0 Å². The second kappa shape index (κ2) is 15.8. The number of amides is 3. The highest BCUT2D eigenvalue weighted by molar-refractivity contribution is 5.79. The highest BCUT2D eigenvalue weighted by Crippen LogP contribution is 2.59. The molecule has 3 amide bonds. The van der Waals surface area contributed by atoms with E-state index in [4.69, 9.17) is 4.74 Å². The number of halogens is 6. The van der Waals surface area contributed by atoms with Crippen LogP contribution in [0.5, 0.6) is 5.75 Å². The van der Waals surface area contributed by atoms with Crippen LogP contribution in [0.2, 0.25) is 0 Å². The van der Waals surface area contributed by atoms with Crippen molar-refractivity contribution in [3.05, 3.63) is 77.2 Å².